The van der Waals surface area contributed by atoms with Gasteiger partial charge in [0, 0.05) is 0 Å². The predicted octanol–water partition coefficient (Wildman–Crippen LogP) is 5.89. The van der Waals surface area contributed by atoms with Crippen LogP contribution in [-0.2, 0) is 6.42 Å². The van der Waals surface area contributed by atoms with Gasteiger partial charge in [-0.15, -0.1) is 0 Å². The third-order valence-electron chi connectivity index (χ3n) is 4.47. The van der Waals surface area contributed by atoms with Gasteiger partial charge in [0.15, 0.2) is 0 Å². The molecule has 1 aliphatic carbocycles. The molecule has 1 aliphatic rings. The van der Waals surface area contributed by atoms with Crippen molar-refractivity contribution in [1.82, 2.24) is 0 Å². The van der Waals surface area contributed by atoms with Gasteiger partial charge in [-0.05, 0) is 41.9 Å². The molecule has 2 aromatic rings. The van der Waals surface area contributed by atoms with Crippen molar-refractivity contribution in [2.75, 3.05) is 0 Å². The van der Waals surface area contributed by atoms with Crippen LogP contribution in [0.15, 0.2) is 66.7 Å². The third-order valence-corrected chi connectivity index (χ3v) is 4.47. The van der Waals surface area contributed by atoms with Gasteiger partial charge in [-0.1, -0.05) is 86.0 Å². The molecular weight excluding hydrogens is 252 g/mol. The fraction of sp³-hybridized carbons (Fsp3) is 0.333. The molecule has 21 heavy (non-hydrogen) atoms. The number of benzene rings is 2. The first-order valence-electron chi connectivity index (χ1n) is 8.22. The lowest BCUT2D eigenvalue weighted by Gasteiger charge is -2.20. The average Bonchev–Trinajstić information content (AvgIpc) is 2.57. The second-order valence-corrected chi connectivity index (χ2v) is 6.12. The van der Waals surface area contributed by atoms with E-state index in [9.17, 15) is 0 Å². The van der Waals surface area contributed by atoms with Crippen molar-refractivity contribution in [2.24, 2.45) is 5.92 Å². The highest BCUT2D eigenvalue weighted by Gasteiger charge is 2.13. The Bertz CT molecular complexity index is 560. The lowest BCUT2D eigenvalue weighted by atomic mass is 9.85. The summed E-state index contributed by atoms with van der Waals surface area (Å²) in [5, 5.41) is 0. The molecule has 0 saturated heterocycles. The molecule has 0 N–H and O–H groups in total. The van der Waals surface area contributed by atoms with Crippen LogP contribution in [-0.4, -0.2) is 0 Å². The smallest absolute Gasteiger partial charge is 0.00229 e. The molecule has 0 bridgehead atoms. The molecule has 0 atom stereocenters. The molecule has 0 amide bonds. The Morgan fingerprint density at radius 3 is 2.10 bits per heavy atom. The fourth-order valence-corrected chi connectivity index (χ4v) is 3.31. The van der Waals surface area contributed by atoms with Gasteiger partial charge in [0.05, 0.1) is 0 Å². The Morgan fingerprint density at radius 1 is 0.810 bits per heavy atom. The maximum Gasteiger partial charge on any atom is -0.00229 e. The largest absolute Gasteiger partial charge is 0.0773 e. The van der Waals surface area contributed by atoms with E-state index < -0.39 is 0 Å². The summed E-state index contributed by atoms with van der Waals surface area (Å²) in [6, 6.07) is 21.7. The lowest BCUT2D eigenvalue weighted by molar-refractivity contribution is 0.420. The molecule has 0 aromatic heterocycles. The average molecular weight is 276 g/mol. The van der Waals surface area contributed by atoms with Crippen LogP contribution >= 0.6 is 0 Å². The van der Waals surface area contributed by atoms with Crippen molar-refractivity contribution in [1.29, 1.82) is 0 Å². The van der Waals surface area contributed by atoms with Crippen LogP contribution in [0.1, 0.15) is 43.2 Å². The SMILES string of the molecule is C(=C(/Cc1ccccc1)c1ccccc1)/C1CCCCC1. The Labute approximate surface area is 128 Å². The summed E-state index contributed by atoms with van der Waals surface area (Å²) >= 11 is 0. The minimum Gasteiger partial charge on any atom is -0.0773 e. The van der Waals surface area contributed by atoms with E-state index in [4.69, 9.17) is 0 Å². The summed E-state index contributed by atoms with van der Waals surface area (Å²) in [5.74, 6) is 0.776. The van der Waals surface area contributed by atoms with Crippen molar-refractivity contribution in [3.8, 4) is 0 Å². The standard InChI is InChI=1S/C21H24/c1-4-10-18(11-5-1)16-21(20-14-8-3-9-15-20)17-19-12-6-2-7-13-19/h1,3-5,8-11,14-15,17,19H,2,6-7,12-13,16H2/b21-17+. The van der Waals surface area contributed by atoms with Crippen molar-refractivity contribution < 1.29 is 0 Å². The van der Waals surface area contributed by atoms with E-state index in [-0.39, 0.29) is 0 Å². The highest BCUT2D eigenvalue weighted by Crippen LogP contribution is 2.29. The van der Waals surface area contributed by atoms with Crippen molar-refractivity contribution in [2.45, 2.75) is 38.5 Å². The van der Waals surface area contributed by atoms with Gasteiger partial charge in [-0.3, -0.25) is 0 Å². The van der Waals surface area contributed by atoms with Crippen LogP contribution in [0, 0.1) is 5.92 Å². The zero-order chi connectivity index (χ0) is 14.3. The van der Waals surface area contributed by atoms with E-state index in [1.807, 2.05) is 0 Å². The monoisotopic (exact) mass is 276 g/mol. The molecule has 0 radical (unpaired) electrons. The van der Waals surface area contributed by atoms with E-state index in [1.165, 1.54) is 48.8 Å². The van der Waals surface area contributed by atoms with E-state index in [0.29, 0.717) is 0 Å². The molecule has 0 nitrogen and oxygen atoms in total. The minimum absolute atomic E-state index is 0.776. The van der Waals surface area contributed by atoms with Gasteiger partial charge in [0.2, 0.25) is 0 Å². The summed E-state index contributed by atoms with van der Waals surface area (Å²) in [7, 11) is 0. The first-order valence-corrected chi connectivity index (χ1v) is 8.22. The molecule has 2 aromatic carbocycles. The van der Waals surface area contributed by atoms with Crippen molar-refractivity contribution in [3.05, 3.63) is 77.9 Å². The normalized spacial score (nSPS) is 16.9. The Hall–Kier alpha value is -1.82. The van der Waals surface area contributed by atoms with Crippen LogP contribution in [0.25, 0.3) is 5.57 Å². The maximum atomic E-state index is 2.56. The van der Waals surface area contributed by atoms with Gasteiger partial charge in [-0.25, -0.2) is 0 Å². The molecule has 0 aliphatic heterocycles. The van der Waals surface area contributed by atoms with Crippen LogP contribution in [0.3, 0.4) is 0 Å². The van der Waals surface area contributed by atoms with Gasteiger partial charge >= 0.3 is 0 Å². The highest BCUT2D eigenvalue weighted by atomic mass is 14.2. The highest BCUT2D eigenvalue weighted by molar-refractivity contribution is 5.67. The van der Waals surface area contributed by atoms with Crippen molar-refractivity contribution in [3.63, 3.8) is 0 Å². The van der Waals surface area contributed by atoms with E-state index in [1.54, 1.807) is 0 Å². The first kappa shape index (κ1) is 14.1. The molecule has 1 fully saturated rings. The number of allylic oxidation sites excluding steroid dienone is 2. The summed E-state index contributed by atoms with van der Waals surface area (Å²) in [5.41, 5.74) is 4.28. The molecule has 108 valence electrons. The first-order chi connectivity index (χ1) is 10.4. The topological polar surface area (TPSA) is 0 Å². The molecular formula is C21H24. The van der Waals surface area contributed by atoms with Gasteiger partial charge < -0.3 is 0 Å². The molecule has 0 heterocycles. The molecule has 0 spiro atoms. The summed E-state index contributed by atoms with van der Waals surface area (Å²) in [4.78, 5) is 0. The van der Waals surface area contributed by atoms with Crippen LogP contribution in [0.5, 0.6) is 0 Å². The Kier molecular flexibility index (Phi) is 4.89. The Balaban J connectivity index is 1.85. The number of hydrogen-bond acceptors (Lipinski definition) is 0. The van der Waals surface area contributed by atoms with Gasteiger partial charge in [0.25, 0.3) is 0 Å². The molecule has 0 unspecified atom stereocenters. The zero-order valence-corrected chi connectivity index (χ0v) is 12.7. The summed E-state index contributed by atoms with van der Waals surface area (Å²) in [6.45, 7) is 0. The molecule has 3 rings (SSSR count). The lowest BCUT2D eigenvalue weighted by Crippen LogP contribution is -2.04. The second kappa shape index (κ2) is 7.26. The van der Waals surface area contributed by atoms with Crippen molar-refractivity contribution >= 4 is 5.57 Å². The van der Waals surface area contributed by atoms with E-state index >= 15 is 0 Å². The third kappa shape index (κ3) is 4.07. The summed E-state index contributed by atoms with van der Waals surface area (Å²) < 4.78 is 0. The second-order valence-electron chi connectivity index (χ2n) is 6.12. The zero-order valence-electron chi connectivity index (χ0n) is 12.7. The fourth-order valence-electron chi connectivity index (χ4n) is 3.31. The maximum absolute atomic E-state index is 2.56. The summed E-state index contributed by atoms with van der Waals surface area (Å²) in [6.07, 6.45) is 10.5. The van der Waals surface area contributed by atoms with E-state index in [0.717, 1.165) is 12.3 Å². The van der Waals surface area contributed by atoms with Crippen LogP contribution in [0.2, 0.25) is 0 Å². The predicted molar refractivity (Wildman–Crippen MR) is 91.1 cm³/mol. The van der Waals surface area contributed by atoms with Crippen LogP contribution in [0.4, 0.5) is 0 Å². The number of hydrogen-bond donors (Lipinski definition) is 0. The van der Waals surface area contributed by atoms with Crippen LogP contribution < -0.4 is 0 Å². The minimum atomic E-state index is 0.776. The quantitative estimate of drug-likeness (QED) is 0.653. The van der Waals surface area contributed by atoms with Gasteiger partial charge in [-0.2, -0.15) is 0 Å². The van der Waals surface area contributed by atoms with Gasteiger partial charge in [0.1, 0.15) is 0 Å². The Morgan fingerprint density at radius 2 is 1.43 bits per heavy atom. The number of rotatable bonds is 4. The molecule has 0 heteroatoms. The van der Waals surface area contributed by atoms with E-state index in [2.05, 4.69) is 66.7 Å². The molecule has 1 saturated carbocycles.